The van der Waals surface area contributed by atoms with Crippen molar-refractivity contribution in [3.8, 4) is 0 Å². The van der Waals surface area contributed by atoms with Crippen LogP contribution in [0.25, 0.3) is 6.08 Å². The minimum absolute atomic E-state index is 0.540. The molecule has 0 aromatic heterocycles. The van der Waals surface area contributed by atoms with Crippen LogP contribution in [0.4, 0.5) is 0 Å². The van der Waals surface area contributed by atoms with E-state index in [4.69, 9.17) is 4.74 Å². The maximum absolute atomic E-state index is 10.4. The molecule has 2 aromatic rings. The summed E-state index contributed by atoms with van der Waals surface area (Å²) in [5, 5.41) is 0. The fourth-order valence-electron chi connectivity index (χ4n) is 3.21. The fraction of sp³-hybridized carbons (Fsp3) is 0.348. The molecule has 0 N–H and O–H groups in total. The van der Waals surface area contributed by atoms with Crippen LogP contribution in [0.1, 0.15) is 44.5 Å². The molecule has 2 heteroatoms. The van der Waals surface area contributed by atoms with Gasteiger partial charge in [-0.3, -0.25) is 0 Å². The fourth-order valence-corrected chi connectivity index (χ4v) is 3.21. The van der Waals surface area contributed by atoms with Crippen LogP contribution in [0, 0.1) is 41.5 Å². The second-order valence-corrected chi connectivity index (χ2v) is 6.60. The van der Waals surface area contributed by atoms with Crippen LogP contribution in [0.3, 0.4) is 0 Å². The summed E-state index contributed by atoms with van der Waals surface area (Å²) in [7, 11) is 1.66. The number of hydrogen-bond donors (Lipinski definition) is 0. The number of ether oxygens (including phenoxy) is 1. The first-order valence-electron chi connectivity index (χ1n) is 8.57. The minimum atomic E-state index is 0.540. The van der Waals surface area contributed by atoms with Crippen molar-refractivity contribution in [2.24, 2.45) is 0 Å². The van der Waals surface area contributed by atoms with E-state index in [0.717, 1.165) is 6.29 Å². The average Bonchev–Trinajstić information content (AvgIpc) is 2.50. The van der Waals surface area contributed by atoms with E-state index in [2.05, 4.69) is 65.8 Å². The van der Waals surface area contributed by atoms with Crippen molar-refractivity contribution < 1.29 is 9.53 Å². The highest BCUT2D eigenvalue weighted by Crippen LogP contribution is 2.18. The van der Waals surface area contributed by atoms with Gasteiger partial charge in [-0.15, -0.1) is 0 Å². The van der Waals surface area contributed by atoms with Gasteiger partial charge in [-0.2, -0.15) is 0 Å². The van der Waals surface area contributed by atoms with E-state index in [1.165, 1.54) is 44.5 Å². The van der Waals surface area contributed by atoms with E-state index < -0.39 is 0 Å². The van der Waals surface area contributed by atoms with E-state index in [-0.39, 0.29) is 0 Å². The Morgan fingerprint density at radius 3 is 1.64 bits per heavy atom. The lowest BCUT2D eigenvalue weighted by atomic mass is 9.98. The number of methoxy groups -OCH3 is 1. The Balaban J connectivity index is 0.000000251. The highest BCUT2D eigenvalue weighted by molar-refractivity contribution is 5.58. The van der Waals surface area contributed by atoms with Crippen LogP contribution < -0.4 is 0 Å². The Morgan fingerprint density at radius 1 is 0.800 bits per heavy atom. The molecule has 2 rings (SSSR count). The molecular weight excluding hydrogens is 308 g/mol. The zero-order chi connectivity index (χ0) is 19.0. The second-order valence-electron chi connectivity index (χ2n) is 6.60. The Hall–Kier alpha value is -2.35. The van der Waals surface area contributed by atoms with Crippen molar-refractivity contribution in [1.82, 2.24) is 0 Å². The number of aldehydes is 1. The average molecular weight is 338 g/mol. The van der Waals surface area contributed by atoms with Gasteiger partial charge < -0.3 is 9.53 Å². The highest BCUT2D eigenvalue weighted by atomic mass is 16.5. The molecule has 0 aliphatic carbocycles. The monoisotopic (exact) mass is 338 g/mol. The quantitative estimate of drug-likeness (QED) is 0.537. The Bertz CT molecular complexity index is 709. The van der Waals surface area contributed by atoms with Gasteiger partial charge in [0.15, 0.2) is 0 Å². The molecule has 0 saturated carbocycles. The van der Waals surface area contributed by atoms with Gasteiger partial charge in [0, 0.05) is 6.42 Å². The number of carbonyl (C=O) groups excluding carboxylic acids is 1. The maximum atomic E-state index is 10.4. The lowest BCUT2D eigenvalue weighted by molar-refractivity contribution is -0.107. The second kappa shape index (κ2) is 9.83. The zero-order valence-corrected chi connectivity index (χ0v) is 16.6. The summed E-state index contributed by atoms with van der Waals surface area (Å²) in [6.07, 6.45) is 5.22. The molecule has 0 bridgehead atoms. The molecule has 134 valence electrons. The largest absolute Gasteiger partial charge is 0.504 e. The summed E-state index contributed by atoms with van der Waals surface area (Å²) in [4.78, 5) is 10.4. The van der Waals surface area contributed by atoms with Gasteiger partial charge in [0.1, 0.15) is 6.29 Å². The van der Waals surface area contributed by atoms with Crippen molar-refractivity contribution in [2.45, 2.75) is 48.0 Å². The first-order valence-corrected chi connectivity index (χ1v) is 8.57. The van der Waals surface area contributed by atoms with Gasteiger partial charge >= 0.3 is 0 Å². The lowest BCUT2D eigenvalue weighted by Crippen LogP contribution is -1.95. The third kappa shape index (κ3) is 6.22. The van der Waals surface area contributed by atoms with Gasteiger partial charge in [-0.1, -0.05) is 35.4 Å². The van der Waals surface area contributed by atoms with Crippen molar-refractivity contribution >= 4 is 12.4 Å². The summed E-state index contributed by atoms with van der Waals surface area (Å²) < 4.78 is 4.91. The SMILES string of the molecule is CO/C=C/c1c(C)cc(C)cc1C.Cc1cc(C)c(CC=O)c(C)c1. The number of hydrogen-bond acceptors (Lipinski definition) is 2. The van der Waals surface area contributed by atoms with Crippen LogP contribution >= 0.6 is 0 Å². The summed E-state index contributed by atoms with van der Waals surface area (Å²) in [5.74, 6) is 0. The predicted molar refractivity (Wildman–Crippen MR) is 107 cm³/mol. The topological polar surface area (TPSA) is 26.3 Å². The molecular formula is C23H30O2. The van der Waals surface area contributed by atoms with E-state index in [9.17, 15) is 4.79 Å². The Kier molecular flexibility index (Phi) is 8.13. The molecule has 0 saturated heterocycles. The molecule has 0 unspecified atom stereocenters. The number of aryl methyl sites for hydroxylation is 6. The van der Waals surface area contributed by atoms with Crippen LogP contribution in [0.2, 0.25) is 0 Å². The van der Waals surface area contributed by atoms with E-state index in [1.54, 1.807) is 13.4 Å². The van der Waals surface area contributed by atoms with E-state index in [1.807, 2.05) is 6.08 Å². The van der Waals surface area contributed by atoms with Crippen LogP contribution in [0.15, 0.2) is 30.5 Å². The molecule has 0 radical (unpaired) electrons. The highest BCUT2D eigenvalue weighted by Gasteiger charge is 2.02. The van der Waals surface area contributed by atoms with Gasteiger partial charge in [0.05, 0.1) is 13.4 Å². The molecule has 0 heterocycles. The molecule has 0 fully saturated rings. The van der Waals surface area contributed by atoms with Crippen LogP contribution in [-0.4, -0.2) is 13.4 Å². The number of benzene rings is 2. The summed E-state index contributed by atoms with van der Waals surface area (Å²) in [6.45, 7) is 12.5. The molecule has 0 aliphatic rings. The van der Waals surface area contributed by atoms with Crippen molar-refractivity contribution in [2.75, 3.05) is 7.11 Å². The third-order valence-corrected chi connectivity index (χ3v) is 4.24. The minimum Gasteiger partial charge on any atom is -0.504 e. The van der Waals surface area contributed by atoms with E-state index in [0.29, 0.717) is 6.42 Å². The normalized spacial score (nSPS) is 10.4. The van der Waals surface area contributed by atoms with E-state index >= 15 is 0 Å². The molecule has 25 heavy (non-hydrogen) atoms. The number of rotatable bonds is 4. The van der Waals surface area contributed by atoms with Crippen LogP contribution in [0.5, 0.6) is 0 Å². The molecule has 2 aromatic carbocycles. The van der Waals surface area contributed by atoms with Crippen molar-refractivity contribution in [3.05, 3.63) is 75.0 Å². The van der Waals surface area contributed by atoms with Gasteiger partial charge in [-0.25, -0.2) is 0 Å². The first kappa shape index (κ1) is 20.7. The van der Waals surface area contributed by atoms with Crippen molar-refractivity contribution in [3.63, 3.8) is 0 Å². The molecule has 0 aliphatic heterocycles. The standard InChI is InChI=1S/C12H16O.C11H14O/c1-9-7-10(2)12(5-6-13-4)11(3)8-9;1-8-6-9(2)11(4-5-12)10(3)7-8/h5-8H,1-4H3;5-7H,4H2,1-3H3/b6-5+;. The maximum Gasteiger partial charge on any atom is 0.124 e. The molecule has 0 atom stereocenters. The summed E-state index contributed by atoms with van der Waals surface area (Å²) in [6, 6.07) is 8.60. The third-order valence-electron chi connectivity index (χ3n) is 4.24. The van der Waals surface area contributed by atoms with Crippen molar-refractivity contribution in [1.29, 1.82) is 0 Å². The smallest absolute Gasteiger partial charge is 0.124 e. The summed E-state index contributed by atoms with van der Waals surface area (Å²) >= 11 is 0. The molecule has 2 nitrogen and oxygen atoms in total. The Morgan fingerprint density at radius 2 is 1.24 bits per heavy atom. The molecule has 0 spiro atoms. The molecule has 0 amide bonds. The van der Waals surface area contributed by atoms with Gasteiger partial charge in [-0.05, 0) is 81.0 Å². The number of carbonyl (C=O) groups is 1. The first-order chi connectivity index (χ1) is 11.8. The lowest BCUT2D eigenvalue weighted by Gasteiger charge is -2.07. The van der Waals surface area contributed by atoms with Crippen LogP contribution in [-0.2, 0) is 16.0 Å². The Labute approximate surface area is 152 Å². The van der Waals surface area contributed by atoms with Gasteiger partial charge in [0.2, 0.25) is 0 Å². The summed E-state index contributed by atoms with van der Waals surface area (Å²) in [5.41, 5.74) is 10.0. The zero-order valence-electron chi connectivity index (χ0n) is 16.6. The predicted octanol–water partition coefficient (Wildman–Crippen LogP) is 5.58. The van der Waals surface area contributed by atoms with Gasteiger partial charge in [0.25, 0.3) is 0 Å².